The second kappa shape index (κ2) is 6.60. The zero-order valence-electron chi connectivity index (χ0n) is 11.0. The van der Waals surface area contributed by atoms with Crippen molar-refractivity contribution >= 4 is 11.7 Å². The largest absolute Gasteiger partial charge is 0.368 e. The lowest BCUT2D eigenvalue weighted by atomic mass is 10.2. The monoisotopic (exact) mass is 278 g/mol. The Labute approximate surface area is 115 Å². The van der Waals surface area contributed by atoms with E-state index in [1.807, 2.05) is 6.92 Å². The average molecular weight is 278 g/mol. The third-order valence-electron chi connectivity index (χ3n) is 2.59. The molecule has 1 amide bonds. The van der Waals surface area contributed by atoms with Crippen LogP contribution in [0.15, 0.2) is 18.6 Å². The van der Waals surface area contributed by atoms with E-state index >= 15 is 0 Å². The highest BCUT2D eigenvalue weighted by Gasteiger charge is 2.15. The fourth-order valence-electron chi connectivity index (χ4n) is 1.65. The van der Waals surface area contributed by atoms with Gasteiger partial charge in [-0.25, -0.2) is 14.4 Å². The second-order valence-electron chi connectivity index (χ2n) is 3.99. The zero-order chi connectivity index (χ0) is 14.4. The molecule has 0 saturated heterocycles. The third-order valence-corrected chi connectivity index (χ3v) is 2.59. The number of aromatic amines is 1. The summed E-state index contributed by atoms with van der Waals surface area (Å²) in [5, 5.41) is 11.8. The van der Waals surface area contributed by atoms with Crippen LogP contribution in [0.2, 0.25) is 0 Å². The molecule has 2 aromatic rings. The van der Waals surface area contributed by atoms with E-state index in [4.69, 9.17) is 0 Å². The molecule has 7 nitrogen and oxygen atoms in total. The molecule has 2 rings (SSSR count). The van der Waals surface area contributed by atoms with E-state index in [9.17, 15) is 9.18 Å². The minimum Gasteiger partial charge on any atom is -0.368 e. The number of nitrogens with zero attached hydrogens (tertiary/aromatic N) is 3. The topological polar surface area (TPSA) is 95.6 Å². The molecule has 0 saturated carbocycles. The first kappa shape index (κ1) is 13.9. The quantitative estimate of drug-likeness (QED) is 0.724. The van der Waals surface area contributed by atoms with Gasteiger partial charge in [-0.05, 0) is 13.0 Å². The Kier molecular flexibility index (Phi) is 4.59. The van der Waals surface area contributed by atoms with Crippen LogP contribution in [0.1, 0.15) is 23.1 Å². The van der Waals surface area contributed by atoms with E-state index < -0.39 is 11.7 Å². The highest BCUT2D eigenvalue weighted by molar-refractivity contribution is 5.95. The summed E-state index contributed by atoms with van der Waals surface area (Å²) < 4.78 is 14.0. The van der Waals surface area contributed by atoms with E-state index in [-0.39, 0.29) is 11.4 Å². The predicted octanol–water partition coefficient (Wildman–Crippen LogP) is 0.743. The summed E-state index contributed by atoms with van der Waals surface area (Å²) >= 11 is 0. The number of halogens is 1. The van der Waals surface area contributed by atoms with Gasteiger partial charge in [0.1, 0.15) is 12.2 Å². The smallest absolute Gasteiger partial charge is 0.254 e. The molecule has 0 spiro atoms. The van der Waals surface area contributed by atoms with Crippen LogP contribution in [-0.2, 0) is 6.42 Å². The fraction of sp³-hybridized carbons (Fsp3) is 0.333. The van der Waals surface area contributed by atoms with Gasteiger partial charge in [-0.15, -0.1) is 0 Å². The molecule has 2 aromatic heterocycles. The standard InChI is InChI=1S/C12H15FN6O/c1-2-14-11-10(13)8(3-5-15-11)12(20)16-6-4-9-17-7-18-19-9/h3,5,7H,2,4,6H2,1H3,(H,14,15)(H,16,20)(H,17,18,19). The summed E-state index contributed by atoms with van der Waals surface area (Å²) in [7, 11) is 0. The van der Waals surface area contributed by atoms with Crippen LogP contribution >= 0.6 is 0 Å². The van der Waals surface area contributed by atoms with Gasteiger partial charge in [0.05, 0.1) is 5.56 Å². The molecule has 0 fully saturated rings. The zero-order valence-corrected chi connectivity index (χ0v) is 11.0. The maximum atomic E-state index is 14.0. The van der Waals surface area contributed by atoms with Gasteiger partial charge in [0.2, 0.25) is 0 Å². The number of carbonyl (C=O) groups is 1. The minimum absolute atomic E-state index is 0.0338. The summed E-state index contributed by atoms with van der Waals surface area (Å²) in [6.07, 6.45) is 3.29. The maximum Gasteiger partial charge on any atom is 0.254 e. The summed E-state index contributed by atoms with van der Waals surface area (Å²) in [5.41, 5.74) is -0.0338. The molecule has 0 unspecified atom stereocenters. The van der Waals surface area contributed by atoms with Crippen molar-refractivity contribution in [3.8, 4) is 0 Å². The highest BCUT2D eigenvalue weighted by atomic mass is 19.1. The van der Waals surface area contributed by atoms with Crippen LogP contribution in [0.5, 0.6) is 0 Å². The van der Waals surface area contributed by atoms with Crippen LogP contribution in [0.25, 0.3) is 0 Å². The van der Waals surface area contributed by atoms with Gasteiger partial charge in [-0.1, -0.05) is 0 Å². The molecule has 106 valence electrons. The first-order valence-corrected chi connectivity index (χ1v) is 6.23. The molecule has 8 heteroatoms. The lowest BCUT2D eigenvalue weighted by molar-refractivity contribution is 0.0950. The maximum absolute atomic E-state index is 14.0. The molecule has 0 atom stereocenters. The van der Waals surface area contributed by atoms with Crippen molar-refractivity contribution in [3.05, 3.63) is 35.8 Å². The molecule has 20 heavy (non-hydrogen) atoms. The van der Waals surface area contributed by atoms with Crippen molar-refractivity contribution in [3.63, 3.8) is 0 Å². The first-order valence-electron chi connectivity index (χ1n) is 6.23. The number of hydrogen-bond donors (Lipinski definition) is 3. The second-order valence-corrected chi connectivity index (χ2v) is 3.99. The van der Waals surface area contributed by atoms with Gasteiger partial charge in [-0.3, -0.25) is 9.89 Å². The average Bonchev–Trinajstić information content (AvgIpc) is 2.94. The first-order chi connectivity index (χ1) is 9.72. The van der Waals surface area contributed by atoms with Crippen molar-refractivity contribution in [1.29, 1.82) is 0 Å². The number of rotatable bonds is 6. The van der Waals surface area contributed by atoms with Crippen molar-refractivity contribution in [1.82, 2.24) is 25.5 Å². The van der Waals surface area contributed by atoms with Gasteiger partial charge >= 0.3 is 0 Å². The van der Waals surface area contributed by atoms with E-state index in [1.54, 1.807) is 0 Å². The molecule has 0 aliphatic heterocycles. The molecular formula is C12H15FN6O. The molecule has 0 aliphatic rings. The van der Waals surface area contributed by atoms with Crippen LogP contribution in [0.3, 0.4) is 0 Å². The molecule has 2 heterocycles. The highest BCUT2D eigenvalue weighted by Crippen LogP contribution is 2.14. The lowest BCUT2D eigenvalue weighted by Gasteiger charge is -2.08. The minimum atomic E-state index is -0.647. The van der Waals surface area contributed by atoms with Crippen molar-refractivity contribution in [2.45, 2.75) is 13.3 Å². The number of nitrogens with one attached hydrogen (secondary N) is 3. The molecule has 0 radical (unpaired) electrons. The summed E-state index contributed by atoms with van der Waals surface area (Å²) in [4.78, 5) is 19.7. The molecule has 0 aliphatic carbocycles. The number of carbonyl (C=O) groups excluding carboxylic acids is 1. The number of H-pyrrole nitrogens is 1. The van der Waals surface area contributed by atoms with Crippen molar-refractivity contribution in [2.24, 2.45) is 0 Å². The van der Waals surface area contributed by atoms with E-state index in [2.05, 4.69) is 30.8 Å². The summed E-state index contributed by atoms with van der Waals surface area (Å²) in [6.45, 7) is 2.69. The van der Waals surface area contributed by atoms with E-state index in [1.165, 1.54) is 18.6 Å². The number of aromatic nitrogens is 4. The van der Waals surface area contributed by atoms with E-state index in [0.29, 0.717) is 25.3 Å². The Morgan fingerprint density at radius 2 is 2.30 bits per heavy atom. The normalized spacial score (nSPS) is 10.3. The number of pyridine rings is 1. The summed E-state index contributed by atoms with van der Waals surface area (Å²) in [6, 6.07) is 1.35. The van der Waals surface area contributed by atoms with Crippen molar-refractivity contribution < 1.29 is 9.18 Å². The van der Waals surface area contributed by atoms with Gasteiger partial charge in [0, 0.05) is 25.7 Å². The Morgan fingerprint density at radius 1 is 1.45 bits per heavy atom. The molecule has 0 aromatic carbocycles. The van der Waals surface area contributed by atoms with Gasteiger partial charge in [0.15, 0.2) is 11.6 Å². The number of hydrogen-bond acceptors (Lipinski definition) is 5. The van der Waals surface area contributed by atoms with Crippen LogP contribution < -0.4 is 10.6 Å². The van der Waals surface area contributed by atoms with Crippen LogP contribution in [0.4, 0.5) is 10.2 Å². The Hall–Kier alpha value is -2.51. The van der Waals surface area contributed by atoms with Crippen LogP contribution in [-0.4, -0.2) is 39.2 Å². The van der Waals surface area contributed by atoms with Gasteiger partial charge in [0.25, 0.3) is 5.91 Å². The number of anilines is 1. The summed E-state index contributed by atoms with van der Waals surface area (Å²) in [5.74, 6) is -0.390. The Morgan fingerprint density at radius 3 is 3.00 bits per heavy atom. The number of amides is 1. The molecule has 0 bridgehead atoms. The van der Waals surface area contributed by atoms with E-state index in [0.717, 1.165) is 0 Å². The molecular weight excluding hydrogens is 263 g/mol. The SMILES string of the molecule is CCNc1nccc(C(=O)NCCc2ncn[nH]2)c1F. The Balaban J connectivity index is 1.96. The van der Waals surface area contributed by atoms with Crippen LogP contribution in [0, 0.1) is 5.82 Å². The molecule has 3 N–H and O–H groups in total. The van der Waals surface area contributed by atoms with Gasteiger partial charge in [-0.2, -0.15) is 5.10 Å². The fourth-order valence-corrected chi connectivity index (χ4v) is 1.65. The Bertz CT molecular complexity index is 571. The van der Waals surface area contributed by atoms with Gasteiger partial charge < -0.3 is 10.6 Å². The predicted molar refractivity (Wildman–Crippen MR) is 70.8 cm³/mol. The van der Waals surface area contributed by atoms with Crippen molar-refractivity contribution in [2.75, 3.05) is 18.4 Å². The lowest BCUT2D eigenvalue weighted by Crippen LogP contribution is -2.27. The third kappa shape index (κ3) is 3.28.